The number of benzene rings is 2. The van der Waals surface area contributed by atoms with Crippen LogP contribution in [0.5, 0.6) is 0 Å². The minimum atomic E-state index is -0.603. The first-order valence-corrected chi connectivity index (χ1v) is 11.2. The van der Waals surface area contributed by atoms with Crippen LogP contribution in [0.1, 0.15) is 60.3 Å². The predicted octanol–water partition coefficient (Wildman–Crippen LogP) is 4.66. The van der Waals surface area contributed by atoms with Crippen LogP contribution >= 0.6 is 0 Å². The lowest BCUT2D eigenvalue weighted by atomic mass is 9.99. The van der Waals surface area contributed by atoms with Gasteiger partial charge in [-0.05, 0) is 36.5 Å². The van der Waals surface area contributed by atoms with Crippen LogP contribution < -0.4 is 0 Å². The normalized spacial score (nSPS) is 18.6. The van der Waals surface area contributed by atoms with Crippen molar-refractivity contribution in [2.45, 2.75) is 38.8 Å². The number of fused-ring (bicyclic) bond motifs is 1. The van der Waals surface area contributed by atoms with Gasteiger partial charge in [0.05, 0.1) is 0 Å². The molecule has 1 atom stereocenters. The van der Waals surface area contributed by atoms with E-state index in [1.54, 1.807) is 4.90 Å². The molecule has 4 rings (SSSR count). The van der Waals surface area contributed by atoms with Gasteiger partial charge in [0.2, 0.25) is 6.23 Å². The molecule has 1 amide bonds. The van der Waals surface area contributed by atoms with Gasteiger partial charge in [-0.15, -0.1) is 0 Å². The van der Waals surface area contributed by atoms with E-state index in [4.69, 9.17) is 4.74 Å². The highest BCUT2D eigenvalue weighted by Crippen LogP contribution is 2.35. The van der Waals surface area contributed by atoms with Crippen molar-refractivity contribution < 1.29 is 14.3 Å². The molecule has 2 aliphatic rings. The van der Waals surface area contributed by atoms with Crippen LogP contribution in [0.4, 0.5) is 0 Å². The number of carbonyl (C=O) groups excluding carboxylic acids is 2. The number of hydrogen-bond acceptors (Lipinski definition) is 4. The Hall–Kier alpha value is -2.92. The zero-order chi connectivity index (χ0) is 21.6. The van der Waals surface area contributed by atoms with Crippen molar-refractivity contribution in [3.8, 4) is 0 Å². The molecule has 0 spiro atoms. The fourth-order valence-corrected chi connectivity index (χ4v) is 4.36. The zero-order valence-electron chi connectivity index (χ0n) is 18.1. The molecule has 1 unspecified atom stereocenters. The predicted molar refractivity (Wildman–Crippen MR) is 121 cm³/mol. The summed E-state index contributed by atoms with van der Waals surface area (Å²) in [6.45, 7) is 5.37. The molecule has 5 nitrogen and oxygen atoms in total. The van der Waals surface area contributed by atoms with Gasteiger partial charge in [0.15, 0.2) is 0 Å². The maximum atomic E-state index is 12.9. The molecule has 0 saturated heterocycles. The first-order chi connectivity index (χ1) is 15.2. The molecule has 0 saturated carbocycles. The lowest BCUT2D eigenvalue weighted by molar-refractivity contribution is -0.156. The average molecular weight is 419 g/mol. The number of hydrogen-bond donors (Lipinski definition) is 0. The summed E-state index contributed by atoms with van der Waals surface area (Å²) < 4.78 is 5.71. The van der Waals surface area contributed by atoms with Gasteiger partial charge in [0, 0.05) is 43.7 Å². The summed E-state index contributed by atoms with van der Waals surface area (Å²) in [5.74, 6) is -0.300. The Bertz CT molecular complexity index is 954. The van der Waals surface area contributed by atoms with E-state index in [2.05, 4.69) is 35.2 Å². The SMILES string of the molecule is CCCC(=O)OC1c2ccccc2C(=O)N1CCCN1CC=C(c2ccccc2)CC1. The molecule has 0 aliphatic carbocycles. The molecule has 2 aromatic rings. The topological polar surface area (TPSA) is 49.9 Å². The van der Waals surface area contributed by atoms with Gasteiger partial charge in [-0.3, -0.25) is 19.4 Å². The van der Waals surface area contributed by atoms with E-state index in [9.17, 15) is 9.59 Å². The summed E-state index contributed by atoms with van der Waals surface area (Å²) in [7, 11) is 0. The molecule has 0 bridgehead atoms. The van der Waals surface area contributed by atoms with E-state index < -0.39 is 6.23 Å². The number of esters is 1. The highest BCUT2D eigenvalue weighted by atomic mass is 16.6. The van der Waals surface area contributed by atoms with Crippen LogP contribution in [0, 0.1) is 0 Å². The summed E-state index contributed by atoms with van der Waals surface area (Å²) in [6, 6.07) is 18.0. The van der Waals surface area contributed by atoms with E-state index in [-0.39, 0.29) is 11.9 Å². The minimum Gasteiger partial charge on any atom is -0.437 e. The minimum absolute atomic E-state index is 0.0465. The van der Waals surface area contributed by atoms with E-state index in [0.717, 1.165) is 44.5 Å². The van der Waals surface area contributed by atoms with E-state index in [0.29, 0.717) is 18.5 Å². The first-order valence-electron chi connectivity index (χ1n) is 11.2. The van der Waals surface area contributed by atoms with Crippen molar-refractivity contribution in [1.82, 2.24) is 9.80 Å². The van der Waals surface area contributed by atoms with Gasteiger partial charge < -0.3 is 4.74 Å². The number of ether oxygens (including phenoxy) is 1. The van der Waals surface area contributed by atoms with E-state index >= 15 is 0 Å². The number of amides is 1. The fourth-order valence-electron chi connectivity index (χ4n) is 4.36. The second-order valence-corrected chi connectivity index (χ2v) is 8.18. The Morgan fingerprint density at radius 2 is 1.84 bits per heavy atom. The monoisotopic (exact) mass is 418 g/mol. The van der Waals surface area contributed by atoms with Crippen molar-refractivity contribution in [1.29, 1.82) is 0 Å². The summed E-state index contributed by atoms with van der Waals surface area (Å²) in [5.41, 5.74) is 4.15. The lowest BCUT2D eigenvalue weighted by Crippen LogP contribution is -2.35. The van der Waals surface area contributed by atoms with Crippen LogP contribution in [0.25, 0.3) is 5.57 Å². The summed E-state index contributed by atoms with van der Waals surface area (Å²) in [4.78, 5) is 29.2. The molecule has 0 fully saturated rings. The van der Waals surface area contributed by atoms with Gasteiger partial charge in [-0.25, -0.2) is 0 Å². The van der Waals surface area contributed by atoms with E-state index in [1.165, 1.54) is 11.1 Å². The van der Waals surface area contributed by atoms with Crippen LogP contribution in [-0.2, 0) is 9.53 Å². The van der Waals surface area contributed by atoms with Gasteiger partial charge in [0.25, 0.3) is 5.91 Å². The molecule has 0 radical (unpaired) electrons. The van der Waals surface area contributed by atoms with Gasteiger partial charge in [-0.2, -0.15) is 0 Å². The number of rotatable bonds is 8. The molecular weight excluding hydrogens is 388 g/mol. The Morgan fingerprint density at radius 1 is 1.06 bits per heavy atom. The maximum Gasteiger partial charge on any atom is 0.307 e. The highest BCUT2D eigenvalue weighted by molar-refractivity contribution is 5.99. The first kappa shape index (κ1) is 21.3. The Balaban J connectivity index is 1.35. The number of nitrogens with zero attached hydrogens (tertiary/aromatic N) is 2. The van der Waals surface area contributed by atoms with Gasteiger partial charge >= 0.3 is 5.97 Å². The highest BCUT2D eigenvalue weighted by Gasteiger charge is 2.38. The molecular formula is C26H30N2O3. The van der Waals surface area contributed by atoms with Crippen molar-refractivity contribution in [3.05, 3.63) is 77.4 Å². The summed E-state index contributed by atoms with van der Waals surface area (Å²) >= 11 is 0. The summed E-state index contributed by atoms with van der Waals surface area (Å²) in [6.07, 6.45) is 4.68. The largest absolute Gasteiger partial charge is 0.437 e. The molecule has 5 heteroatoms. The molecule has 2 aliphatic heterocycles. The van der Waals surface area contributed by atoms with Crippen molar-refractivity contribution in [2.75, 3.05) is 26.2 Å². The third-order valence-corrected chi connectivity index (χ3v) is 6.01. The maximum absolute atomic E-state index is 12.9. The Labute approximate surface area is 184 Å². The number of carbonyl (C=O) groups is 2. The standard InChI is InChI=1S/C26H30N2O3/c1-2-9-24(29)31-26-23-13-7-6-12-22(23)25(30)28(26)17-8-16-27-18-14-21(15-19-27)20-10-4-3-5-11-20/h3-7,10-14,26H,2,8-9,15-19H2,1H3. The quantitative estimate of drug-likeness (QED) is 0.585. The molecule has 162 valence electrons. The second-order valence-electron chi connectivity index (χ2n) is 8.18. The van der Waals surface area contributed by atoms with Crippen molar-refractivity contribution in [3.63, 3.8) is 0 Å². The van der Waals surface area contributed by atoms with Gasteiger partial charge in [-0.1, -0.05) is 61.5 Å². The fraction of sp³-hybridized carbons (Fsp3) is 0.385. The van der Waals surface area contributed by atoms with Gasteiger partial charge in [0.1, 0.15) is 0 Å². The van der Waals surface area contributed by atoms with E-state index in [1.807, 2.05) is 37.3 Å². The average Bonchev–Trinajstić information content (AvgIpc) is 3.06. The lowest BCUT2D eigenvalue weighted by Gasteiger charge is -2.29. The van der Waals surface area contributed by atoms with Crippen LogP contribution in [-0.4, -0.2) is 47.9 Å². The third kappa shape index (κ3) is 4.88. The molecule has 0 aromatic heterocycles. The van der Waals surface area contributed by atoms with Crippen LogP contribution in [0.15, 0.2) is 60.7 Å². The van der Waals surface area contributed by atoms with Crippen LogP contribution in [0.3, 0.4) is 0 Å². The van der Waals surface area contributed by atoms with Crippen molar-refractivity contribution in [2.24, 2.45) is 0 Å². The zero-order valence-corrected chi connectivity index (χ0v) is 18.1. The Kier molecular flexibility index (Phi) is 6.82. The second kappa shape index (κ2) is 9.92. The van der Waals surface area contributed by atoms with Crippen molar-refractivity contribution >= 4 is 17.4 Å². The van der Waals surface area contributed by atoms with Crippen LogP contribution in [0.2, 0.25) is 0 Å². The third-order valence-electron chi connectivity index (χ3n) is 6.01. The molecule has 31 heavy (non-hydrogen) atoms. The Morgan fingerprint density at radius 3 is 2.58 bits per heavy atom. The smallest absolute Gasteiger partial charge is 0.307 e. The molecule has 2 heterocycles. The molecule has 0 N–H and O–H groups in total. The summed E-state index contributed by atoms with van der Waals surface area (Å²) in [5, 5.41) is 0. The molecule has 2 aromatic carbocycles.